The summed E-state index contributed by atoms with van der Waals surface area (Å²) in [5.41, 5.74) is -0.679. The molecule has 0 aliphatic heterocycles. The SMILES string of the molecule is O=C(O)C1(Cc2nc(CC3CC3)no2)CCCCC1. The molecule has 0 unspecified atom stereocenters. The minimum absolute atomic E-state index is 0.389. The van der Waals surface area contributed by atoms with Crippen molar-refractivity contribution in [1.82, 2.24) is 10.1 Å². The highest BCUT2D eigenvalue weighted by molar-refractivity contribution is 5.75. The van der Waals surface area contributed by atoms with Crippen LogP contribution in [0.2, 0.25) is 0 Å². The van der Waals surface area contributed by atoms with Gasteiger partial charge in [0.1, 0.15) is 0 Å². The van der Waals surface area contributed by atoms with Gasteiger partial charge >= 0.3 is 5.97 Å². The van der Waals surface area contributed by atoms with Gasteiger partial charge in [-0.05, 0) is 31.6 Å². The number of aliphatic carboxylic acids is 1. The van der Waals surface area contributed by atoms with Gasteiger partial charge in [0.15, 0.2) is 5.82 Å². The quantitative estimate of drug-likeness (QED) is 0.884. The van der Waals surface area contributed by atoms with Crippen LogP contribution in [0.4, 0.5) is 0 Å². The van der Waals surface area contributed by atoms with Crippen LogP contribution >= 0.6 is 0 Å². The maximum atomic E-state index is 11.6. The van der Waals surface area contributed by atoms with Crippen LogP contribution in [0.3, 0.4) is 0 Å². The lowest BCUT2D eigenvalue weighted by Crippen LogP contribution is -2.35. The van der Waals surface area contributed by atoms with Crippen LogP contribution in [-0.2, 0) is 17.6 Å². The predicted molar refractivity (Wildman–Crippen MR) is 67.6 cm³/mol. The maximum Gasteiger partial charge on any atom is 0.310 e. The van der Waals surface area contributed by atoms with Gasteiger partial charge in [-0.2, -0.15) is 4.98 Å². The van der Waals surface area contributed by atoms with Crippen molar-refractivity contribution in [2.24, 2.45) is 11.3 Å². The molecule has 0 aromatic carbocycles. The molecule has 3 rings (SSSR count). The van der Waals surface area contributed by atoms with Crippen LogP contribution in [0.1, 0.15) is 56.7 Å². The largest absolute Gasteiger partial charge is 0.481 e. The fourth-order valence-corrected chi connectivity index (χ4v) is 3.01. The van der Waals surface area contributed by atoms with Crippen LogP contribution in [-0.4, -0.2) is 21.2 Å². The number of nitrogens with zero attached hydrogens (tertiary/aromatic N) is 2. The number of carboxylic acid groups (broad SMARTS) is 1. The van der Waals surface area contributed by atoms with Gasteiger partial charge in [-0.15, -0.1) is 0 Å². The molecule has 0 amide bonds. The minimum atomic E-state index is -0.714. The molecule has 0 atom stereocenters. The summed E-state index contributed by atoms with van der Waals surface area (Å²) < 4.78 is 5.25. The topological polar surface area (TPSA) is 76.2 Å². The van der Waals surface area contributed by atoms with E-state index < -0.39 is 11.4 Å². The van der Waals surface area contributed by atoms with Gasteiger partial charge in [0.25, 0.3) is 0 Å². The van der Waals surface area contributed by atoms with E-state index in [9.17, 15) is 9.90 Å². The molecule has 2 aliphatic rings. The van der Waals surface area contributed by atoms with Crippen LogP contribution < -0.4 is 0 Å². The van der Waals surface area contributed by atoms with Gasteiger partial charge in [-0.1, -0.05) is 24.4 Å². The zero-order valence-corrected chi connectivity index (χ0v) is 11.1. The normalized spacial score (nSPS) is 22.3. The van der Waals surface area contributed by atoms with Crippen LogP contribution in [0.5, 0.6) is 0 Å². The standard InChI is InChI=1S/C14H20N2O3/c17-13(18)14(6-2-1-3-7-14)9-12-15-11(16-19-12)8-10-4-5-10/h10H,1-9H2,(H,17,18). The minimum Gasteiger partial charge on any atom is -0.481 e. The second-order valence-electron chi connectivity index (χ2n) is 6.07. The Hall–Kier alpha value is -1.39. The third kappa shape index (κ3) is 2.80. The zero-order chi connectivity index (χ0) is 13.3. The molecule has 0 saturated heterocycles. The number of carbonyl (C=O) groups is 1. The molecule has 2 fully saturated rings. The first-order valence-electron chi connectivity index (χ1n) is 7.23. The summed E-state index contributed by atoms with van der Waals surface area (Å²) in [6, 6.07) is 0. The first kappa shape index (κ1) is 12.6. The predicted octanol–water partition coefficient (Wildman–Crippen LogP) is 2.60. The Morgan fingerprint density at radius 1 is 1.32 bits per heavy atom. The number of aromatic nitrogens is 2. The van der Waals surface area contributed by atoms with E-state index in [0.29, 0.717) is 18.2 Å². The zero-order valence-electron chi connectivity index (χ0n) is 11.1. The molecule has 1 heterocycles. The lowest BCUT2D eigenvalue weighted by Gasteiger charge is -2.31. The molecule has 1 N–H and O–H groups in total. The number of rotatable bonds is 5. The van der Waals surface area contributed by atoms with E-state index in [1.807, 2.05) is 0 Å². The van der Waals surface area contributed by atoms with Crippen molar-refractivity contribution in [2.45, 2.75) is 57.8 Å². The Bertz CT molecular complexity index is 459. The Morgan fingerprint density at radius 2 is 2.05 bits per heavy atom. The van der Waals surface area contributed by atoms with Crippen molar-refractivity contribution in [3.05, 3.63) is 11.7 Å². The van der Waals surface area contributed by atoms with Crippen molar-refractivity contribution in [3.63, 3.8) is 0 Å². The highest BCUT2D eigenvalue weighted by atomic mass is 16.5. The highest BCUT2D eigenvalue weighted by Crippen LogP contribution is 2.39. The van der Waals surface area contributed by atoms with Crippen molar-refractivity contribution >= 4 is 5.97 Å². The highest BCUT2D eigenvalue weighted by Gasteiger charge is 2.41. The lowest BCUT2D eigenvalue weighted by atomic mass is 9.72. The fraction of sp³-hybridized carbons (Fsp3) is 0.786. The van der Waals surface area contributed by atoms with Gasteiger partial charge in [-0.25, -0.2) is 0 Å². The summed E-state index contributed by atoms with van der Waals surface area (Å²) in [5.74, 6) is 1.25. The number of hydrogen-bond donors (Lipinski definition) is 1. The monoisotopic (exact) mass is 264 g/mol. The molecule has 5 heteroatoms. The summed E-state index contributed by atoms with van der Waals surface area (Å²) in [6.45, 7) is 0. The van der Waals surface area contributed by atoms with E-state index in [1.165, 1.54) is 12.8 Å². The van der Waals surface area contributed by atoms with E-state index >= 15 is 0 Å². The maximum absolute atomic E-state index is 11.6. The second-order valence-corrected chi connectivity index (χ2v) is 6.07. The Kier molecular flexibility index (Phi) is 3.29. The molecular weight excluding hydrogens is 244 g/mol. The fourth-order valence-electron chi connectivity index (χ4n) is 3.01. The first-order chi connectivity index (χ1) is 9.18. The molecule has 0 bridgehead atoms. The molecule has 1 aromatic rings. The van der Waals surface area contributed by atoms with Gasteiger partial charge in [0.2, 0.25) is 5.89 Å². The first-order valence-corrected chi connectivity index (χ1v) is 7.23. The van der Waals surface area contributed by atoms with Crippen molar-refractivity contribution in [2.75, 3.05) is 0 Å². The van der Waals surface area contributed by atoms with Gasteiger partial charge in [0.05, 0.1) is 5.41 Å². The molecule has 19 heavy (non-hydrogen) atoms. The summed E-state index contributed by atoms with van der Waals surface area (Å²) in [7, 11) is 0. The Morgan fingerprint density at radius 3 is 2.68 bits per heavy atom. The summed E-state index contributed by atoms with van der Waals surface area (Å²) in [6.07, 6.45) is 8.32. The third-order valence-electron chi connectivity index (χ3n) is 4.43. The van der Waals surface area contributed by atoms with Crippen molar-refractivity contribution in [3.8, 4) is 0 Å². The van der Waals surface area contributed by atoms with E-state index in [1.54, 1.807) is 0 Å². The lowest BCUT2D eigenvalue weighted by molar-refractivity contribution is -0.151. The molecule has 2 aliphatic carbocycles. The summed E-state index contributed by atoms with van der Waals surface area (Å²) >= 11 is 0. The molecule has 0 radical (unpaired) electrons. The smallest absolute Gasteiger partial charge is 0.310 e. The molecule has 2 saturated carbocycles. The van der Waals surface area contributed by atoms with E-state index in [4.69, 9.17) is 4.52 Å². The average molecular weight is 264 g/mol. The molecular formula is C14H20N2O3. The van der Waals surface area contributed by atoms with Gasteiger partial charge in [-0.3, -0.25) is 4.79 Å². The Balaban J connectivity index is 1.70. The van der Waals surface area contributed by atoms with Gasteiger partial charge in [0, 0.05) is 12.8 Å². The van der Waals surface area contributed by atoms with Crippen molar-refractivity contribution < 1.29 is 14.4 Å². The molecule has 1 aromatic heterocycles. The van der Waals surface area contributed by atoms with E-state index in [0.717, 1.165) is 44.3 Å². The summed E-state index contributed by atoms with van der Waals surface area (Å²) in [5, 5.41) is 13.5. The second kappa shape index (κ2) is 4.94. The number of hydrogen-bond acceptors (Lipinski definition) is 4. The van der Waals surface area contributed by atoms with Crippen LogP contribution in [0, 0.1) is 11.3 Å². The van der Waals surface area contributed by atoms with Crippen LogP contribution in [0.15, 0.2) is 4.52 Å². The molecule has 104 valence electrons. The van der Waals surface area contributed by atoms with Crippen LogP contribution in [0.25, 0.3) is 0 Å². The van der Waals surface area contributed by atoms with Gasteiger partial charge < -0.3 is 9.63 Å². The molecule has 0 spiro atoms. The van der Waals surface area contributed by atoms with E-state index in [-0.39, 0.29) is 0 Å². The van der Waals surface area contributed by atoms with Crippen molar-refractivity contribution in [1.29, 1.82) is 0 Å². The van der Waals surface area contributed by atoms with E-state index in [2.05, 4.69) is 10.1 Å². The Labute approximate surface area is 112 Å². The number of carboxylic acids is 1. The average Bonchev–Trinajstić information content (AvgIpc) is 3.10. The summed E-state index contributed by atoms with van der Waals surface area (Å²) in [4.78, 5) is 16.0. The third-order valence-corrected chi connectivity index (χ3v) is 4.43. The molecule has 5 nitrogen and oxygen atoms in total.